The van der Waals surface area contributed by atoms with E-state index in [1.54, 1.807) is 43.4 Å². The van der Waals surface area contributed by atoms with E-state index in [4.69, 9.17) is 23.9 Å². The third kappa shape index (κ3) is 8.59. The summed E-state index contributed by atoms with van der Waals surface area (Å²) in [5.41, 5.74) is 1.45. The van der Waals surface area contributed by atoms with E-state index >= 15 is 0 Å². The number of hydrogen-bond acceptors (Lipinski definition) is 9. The maximum atomic E-state index is 13.5. The third-order valence-corrected chi connectivity index (χ3v) is 7.85. The van der Waals surface area contributed by atoms with Gasteiger partial charge < -0.3 is 34.1 Å². The number of nitrogens with zero attached hydrogens (tertiary/aromatic N) is 4. The third-order valence-electron chi connectivity index (χ3n) is 7.85. The summed E-state index contributed by atoms with van der Waals surface area (Å²) in [6, 6.07) is 13.4. The van der Waals surface area contributed by atoms with Gasteiger partial charge in [-0.25, -0.2) is 9.79 Å². The van der Waals surface area contributed by atoms with Crippen LogP contribution in [0.15, 0.2) is 59.7 Å². The van der Waals surface area contributed by atoms with Crippen molar-refractivity contribution in [2.24, 2.45) is 4.99 Å². The van der Waals surface area contributed by atoms with Gasteiger partial charge in [-0.05, 0) is 83.8 Å². The van der Waals surface area contributed by atoms with E-state index in [2.05, 4.69) is 29.0 Å². The van der Waals surface area contributed by atoms with Crippen molar-refractivity contribution in [3.8, 4) is 17.2 Å². The van der Waals surface area contributed by atoms with Crippen LogP contribution in [0.3, 0.4) is 0 Å². The molecular weight excluding hydrogens is 558 g/mol. The van der Waals surface area contributed by atoms with Crippen LogP contribution < -0.4 is 24.4 Å². The summed E-state index contributed by atoms with van der Waals surface area (Å²) in [4.78, 5) is 24.6. The predicted molar refractivity (Wildman–Crippen MR) is 176 cm³/mol. The van der Waals surface area contributed by atoms with Gasteiger partial charge in [-0.1, -0.05) is 19.4 Å². The lowest BCUT2D eigenvalue weighted by molar-refractivity contribution is 0.154. The highest BCUT2D eigenvalue weighted by Gasteiger charge is 2.35. The van der Waals surface area contributed by atoms with Crippen molar-refractivity contribution in [3.05, 3.63) is 54.7 Å². The minimum absolute atomic E-state index is 0.124. The molecular formula is C34H49N5O5. The molecule has 240 valence electrons. The maximum absolute atomic E-state index is 13.5. The number of ether oxygens (including phenoxy) is 4. The SMILES string of the molecule is CCCN(C(=O)OC1=NC(C)(Nc2cccc(OCCCN3CCCCC3)c2)N(C(C)C)C=C1)c1ccc(OC)cc1OC. The van der Waals surface area contributed by atoms with E-state index in [9.17, 15) is 4.79 Å². The molecule has 2 aliphatic rings. The number of amides is 1. The van der Waals surface area contributed by atoms with E-state index in [1.807, 2.05) is 44.3 Å². The van der Waals surface area contributed by atoms with Gasteiger partial charge in [-0.3, -0.25) is 4.90 Å². The molecule has 10 nitrogen and oxygen atoms in total. The second-order valence-corrected chi connectivity index (χ2v) is 11.6. The number of carbonyl (C=O) groups excluding carboxylic acids is 1. The highest BCUT2D eigenvalue weighted by Crippen LogP contribution is 2.33. The van der Waals surface area contributed by atoms with Crippen LogP contribution in [0, 0.1) is 0 Å². The Morgan fingerprint density at radius 3 is 2.57 bits per heavy atom. The van der Waals surface area contributed by atoms with Crippen LogP contribution in [-0.4, -0.2) is 80.6 Å². The average Bonchev–Trinajstić information content (AvgIpc) is 3.02. The molecule has 0 saturated carbocycles. The molecule has 2 aromatic rings. The van der Waals surface area contributed by atoms with Crippen molar-refractivity contribution in [3.63, 3.8) is 0 Å². The first-order chi connectivity index (χ1) is 21.3. The van der Waals surface area contributed by atoms with Crippen LogP contribution in [0.25, 0.3) is 0 Å². The molecule has 1 saturated heterocycles. The Kier molecular flexibility index (Phi) is 11.8. The number of methoxy groups -OCH3 is 2. The first-order valence-electron chi connectivity index (χ1n) is 15.8. The van der Waals surface area contributed by atoms with E-state index in [1.165, 1.54) is 32.4 Å². The second kappa shape index (κ2) is 15.7. The molecule has 0 aliphatic carbocycles. The Morgan fingerprint density at radius 2 is 1.86 bits per heavy atom. The Labute approximate surface area is 262 Å². The lowest BCUT2D eigenvalue weighted by Crippen LogP contribution is -2.53. The normalized spacial score (nSPS) is 18.5. The average molecular weight is 608 g/mol. The zero-order valence-corrected chi connectivity index (χ0v) is 27.2. The number of anilines is 2. The number of benzene rings is 2. The highest BCUT2D eigenvalue weighted by molar-refractivity contribution is 6.02. The molecule has 1 fully saturated rings. The number of piperidine rings is 1. The zero-order chi connectivity index (χ0) is 31.5. The fraction of sp³-hybridized carbons (Fsp3) is 0.529. The van der Waals surface area contributed by atoms with E-state index in [-0.39, 0.29) is 11.9 Å². The van der Waals surface area contributed by atoms with E-state index in [0.717, 1.165) is 30.8 Å². The van der Waals surface area contributed by atoms with Gasteiger partial charge in [0.25, 0.3) is 0 Å². The Hall–Kier alpha value is -3.92. The lowest BCUT2D eigenvalue weighted by atomic mass is 10.1. The predicted octanol–water partition coefficient (Wildman–Crippen LogP) is 6.73. The molecule has 2 heterocycles. The van der Waals surface area contributed by atoms with Gasteiger partial charge in [-0.2, -0.15) is 0 Å². The van der Waals surface area contributed by atoms with Gasteiger partial charge in [0.1, 0.15) is 17.2 Å². The largest absolute Gasteiger partial charge is 0.497 e. The first kappa shape index (κ1) is 33.0. The van der Waals surface area contributed by atoms with Gasteiger partial charge in [0, 0.05) is 49.2 Å². The van der Waals surface area contributed by atoms with Crippen molar-refractivity contribution < 1.29 is 23.7 Å². The summed E-state index contributed by atoms with van der Waals surface area (Å²) >= 11 is 0. The maximum Gasteiger partial charge on any atom is 0.421 e. The van der Waals surface area contributed by atoms with Crippen molar-refractivity contribution in [2.75, 3.05) is 57.2 Å². The summed E-state index contributed by atoms with van der Waals surface area (Å²) in [6.45, 7) is 12.7. The minimum Gasteiger partial charge on any atom is -0.497 e. The summed E-state index contributed by atoms with van der Waals surface area (Å²) < 4.78 is 22.9. The van der Waals surface area contributed by atoms with Gasteiger partial charge in [0.15, 0.2) is 0 Å². The number of likely N-dealkylation sites (tertiary alicyclic amines) is 1. The molecule has 4 rings (SSSR count). The Morgan fingerprint density at radius 1 is 1.07 bits per heavy atom. The number of carbonyl (C=O) groups is 1. The molecule has 1 amide bonds. The monoisotopic (exact) mass is 607 g/mol. The molecule has 1 N–H and O–H groups in total. The number of hydrogen-bond donors (Lipinski definition) is 1. The smallest absolute Gasteiger partial charge is 0.421 e. The fourth-order valence-electron chi connectivity index (χ4n) is 5.71. The summed E-state index contributed by atoms with van der Waals surface area (Å²) in [7, 11) is 3.15. The molecule has 0 aromatic heterocycles. The van der Waals surface area contributed by atoms with Crippen molar-refractivity contribution in [2.45, 2.75) is 71.6 Å². The number of rotatable bonds is 13. The zero-order valence-electron chi connectivity index (χ0n) is 27.2. The fourth-order valence-corrected chi connectivity index (χ4v) is 5.71. The van der Waals surface area contributed by atoms with Gasteiger partial charge in [0.2, 0.25) is 11.7 Å². The summed E-state index contributed by atoms with van der Waals surface area (Å²) in [5, 5.41) is 3.55. The molecule has 1 unspecified atom stereocenters. The van der Waals surface area contributed by atoms with Crippen LogP contribution in [0.1, 0.15) is 59.8 Å². The molecule has 2 aromatic carbocycles. The van der Waals surface area contributed by atoms with Gasteiger partial charge >= 0.3 is 6.09 Å². The van der Waals surface area contributed by atoms with Gasteiger partial charge in [-0.15, -0.1) is 0 Å². The van der Waals surface area contributed by atoms with Crippen LogP contribution in [-0.2, 0) is 4.74 Å². The molecule has 10 heteroatoms. The number of nitrogens with one attached hydrogen (secondary N) is 1. The summed E-state index contributed by atoms with van der Waals surface area (Å²) in [5.74, 6) is 1.25. The molecule has 0 radical (unpaired) electrons. The molecule has 44 heavy (non-hydrogen) atoms. The van der Waals surface area contributed by atoms with Crippen LogP contribution >= 0.6 is 0 Å². The Bertz CT molecular complexity index is 1290. The molecule has 0 spiro atoms. The standard InChI is InChI=1S/C34H49N5O5/c1-7-18-38(30-16-15-28(41-5)25-31(30)42-6)33(40)44-32-17-22-39(26(2)3)34(4,36-32)35-27-13-11-14-29(24-27)43-23-12-21-37-19-9-8-10-20-37/h11,13-17,22,24-26,35H,7-10,12,18-21,23H2,1-6H3. The van der Waals surface area contributed by atoms with Gasteiger partial charge in [0.05, 0.1) is 26.5 Å². The van der Waals surface area contributed by atoms with Crippen molar-refractivity contribution in [1.82, 2.24) is 9.80 Å². The highest BCUT2D eigenvalue weighted by atomic mass is 16.6. The molecule has 0 bridgehead atoms. The molecule has 1 atom stereocenters. The number of aliphatic imine (C=N–C) groups is 1. The first-order valence-corrected chi connectivity index (χ1v) is 15.8. The Balaban J connectivity index is 1.46. The van der Waals surface area contributed by atoms with Crippen molar-refractivity contribution >= 4 is 23.4 Å². The van der Waals surface area contributed by atoms with E-state index < -0.39 is 11.9 Å². The summed E-state index contributed by atoms with van der Waals surface area (Å²) in [6.07, 6.45) is 8.76. The van der Waals surface area contributed by atoms with Crippen LogP contribution in [0.4, 0.5) is 16.2 Å². The second-order valence-electron chi connectivity index (χ2n) is 11.6. The quantitative estimate of drug-likeness (QED) is 0.251. The topological polar surface area (TPSA) is 88.1 Å². The van der Waals surface area contributed by atoms with Crippen LogP contribution in [0.5, 0.6) is 17.2 Å². The lowest BCUT2D eigenvalue weighted by Gasteiger charge is -2.43. The van der Waals surface area contributed by atoms with E-state index in [0.29, 0.717) is 30.3 Å². The minimum atomic E-state index is -0.918. The molecule has 2 aliphatic heterocycles. The van der Waals surface area contributed by atoms with Crippen molar-refractivity contribution in [1.29, 1.82) is 0 Å². The van der Waals surface area contributed by atoms with Crippen LogP contribution in [0.2, 0.25) is 0 Å².